The lowest BCUT2D eigenvalue weighted by Gasteiger charge is -2.22. The van der Waals surface area contributed by atoms with E-state index in [9.17, 15) is 13.2 Å². The first-order chi connectivity index (χ1) is 12.8. The van der Waals surface area contributed by atoms with E-state index in [-0.39, 0.29) is 10.8 Å². The Hall–Kier alpha value is -1.40. The van der Waals surface area contributed by atoms with Gasteiger partial charge in [-0.2, -0.15) is 4.31 Å². The molecule has 1 N–H and O–H groups in total. The number of nitrogens with one attached hydrogen (secondary N) is 1. The maximum absolute atomic E-state index is 12.9. The summed E-state index contributed by atoms with van der Waals surface area (Å²) in [4.78, 5) is 12.9. The second-order valence-corrected chi connectivity index (χ2v) is 10.1. The van der Waals surface area contributed by atoms with E-state index in [4.69, 9.17) is 0 Å². The molecule has 6 heteroatoms. The van der Waals surface area contributed by atoms with Crippen LogP contribution in [0.15, 0.2) is 17.0 Å². The van der Waals surface area contributed by atoms with Crippen LogP contribution in [0.5, 0.6) is 0 Å². The van der Waals surface area contributed by atoms with Crippen LogP contribution in [0.25, 0.3) is 0 Å². The number of carbonyl (C=O) groups is 1. The van der Waals surface area contributed by atoms with Gasteiger partial charge in [0, 0.05) is 25.2 Å². The van der Waals surface area contributed by atoms with Gasteiger partial charge in [-0.3, -0.25) is 4.79 Å². The molecule has 0 heterocycles. The topological polar surface area (TPSA) is 66.5 Å². The minimum atomic E-state index is -3.55. The Labute approximate surface area is 163 Å². The van der Waals surface area contributed by atoms with Crippen LogP contribution in [-0.2, 0) is 14.8 Å². The molecule has 2 fully saturated rings. The van der Waals surface area contributed by atoms with E-state index in [2.05, 4.69) is 5.32 Å². The van der Waals surface area contributed by atoms with Gasteiger partial charge < -0.3 is 5.32 Å². The Balaban J connectivity index is 1.79. The van der Waals surface area contributed by atoms with E-state index in [0.29, 0.717) is 37.0 Å². The number of fused-ring (bicyclic) bond motifs is 2. The summed E-state index contributed by atoms with van der Waals surface area (Å²) < 4.78 is 27.2. The molecular formula is C21H32N2O3S. The van der Waals surface area contributed by atoms with Crippen LogP contribution in [0, 0.1) is 31.6 Å². The summed E-state index contributed by atoms with van der Waals surface area (Å²) in [6.45, 7) is 8.34. The molecule has 1 aromatic carbocycles. The Kier molecular flexibility index (Phi) is 5.96. The molecule has 0 radical (unpaired) electrons. The first-order valence-electron chi connectivity index (χ1n) is 10.2. The van der Waals surface area contributed by atoms with Crippen LogP contribution in [0.4, 0.5) is 5.69 Å². The minimum absolute atomic E-state index is 0.00689. The zero-order valence-electron chi connectivity index (χ0n) is 16.9. The van der Waals surface area contributed by atoms with E-state index in [0.717, 1.165) is 17.0 Å². The maximum atomic E-state index is 12.9. The van der Waals surface area contributed by atoms with Crippen molar-refractivity contribution in [3.8, 4) is 0 Å². The minimum Gasteiger partial charge on any atom is -0.326 e. The molecule has 0 spiro atoms. The van der Waals surface area contributed by atoms with E-state index < -0.39 is 10.0 Å². The highest BCUT2D eigenvalue weighted by atomic mass is 32.2. The lowest BCUT2D eigenvalue weighted by molar-refractivity contribution is -0.117. The van der Waals surface area contributed by atoms with Crippen molar-refractivity contribution in [2.75, 3.05) is 18.4 Å². The van der Waals surface area contributed by atoms with Crippen molar-refractivity contribution in [3.63, 3.8) is 0 Å². The Morgan fingerprint density at radius 2 is 1.85 bits per heavy atom. The van der Waals surface area contributed by atoms with E-state index >= 15 is 0 Å². The van der Waals surface area contributed by atoms with Gasteiger partial charge >= 0.3 is 0 Å². The van der Waals surface area contributed by atoms with Gasteiger partial charge in [-0.15, -0.1) is 0 Å². The van der Waals surface area contributed by atoms with Crippen molar-refractivity contribution >= 4 is 21.6 Å². The molecule has 2 bridgehead atoms. The summed E-state index contributed by atoms with van der Waals surface area (Å²) >= 11 is 0. The quantitative estimate of drug-likeness (QED) is 0.760. The van der Waals surface area contributed by atoms with Gasteiger partial charge in [-0.25, -0.2) is 8.42 Å². The number of hydrogen-bond acceptors (Lipinski definition) is 3. The van der Waals surface area contributed by atoms with E-state index in [1.54, 1.807) is 12.1 Å². The van der Waals surface area contributed by atoms with Crippen molar-refractivity contribution < 1.29 is 13.2 Å². The fourth-order valence-corrected chi connectivity index (χ4v) is 6.45. The molecular weight excluding hydrogens is 360 g/mol. The third kappa shape index (κ3) is 4.06. The standard InChI is InChI=1S/C21H32N2O3S/c1-5-23(6-2)27(25,26)19-9-14(3)15(4)20(13-19)22-21(24)12-18-11-16-7-8-17(18)10-16/h9,13,16-18H,5-8,10-12H2,1-4H3,(H,22,24)/t16-,17-,18+/m1/s1. The lowest BCUT2D eigenvalue weighted by atomic mass is 9.86. The Morgan fingerprint density at radius 3 is 2.41 bits per heavy atom. The summed E-state index contributed by atoms with van der Waals surface area (Å²) in [5.74, 6) is 2.03. The van der Waals surface area contributed by atoms with Gasteiger partial charge in [0.25, 0.3) is 0 Å². The highest BCUT2D eigenvalue weighted by Crippen LogP contribution is 2.49. The first kappa shape index (κ1) is 20.3. The van der Waals surface area contributed by atoms with Crippen molar-refractivity contribution in [3.05, 3.63) is 23.3 Å². The van der Waals surface area contributed by atoms with Crippen LogP contribution < -0.4 is 5.32 Å². The number of benzene rings is 1. The predicted molar refractivity (Wildman–Crippen MR) is 108 cm³/mol. The van der Waals surface area contributed by atoms with E-state index in [1.807, 2.05) is 27.7 Å². The molecule has 1 aromatic rings. The third-order valence-electron chi connectivity index (χ3n) is 6.59. The fourth-order valence-electron chi connectivity index (χ4n) is 4.88. The monoisotopic (exact) mass is 392 g/mol. The smallest absolute Gasteiger partial charge is 0.243 e. The first-order valence-corrected chi connectivity index (χ1v) is 11.6. The molecule has 2 aliphatic carbocycles. The highest BCUT2D eigenvalue weighted by molar-refractivity contribution is 7.89. The Bertz CT molecular complexity index is 815. The average molecular weight is 393 g/mol. The number of sulfonamides is 1. The Morgan fingerprint density at radius 1 is 1.15 bits per heavy atom. The normalized spacial score (nSPS) is 24.6. The summed E-state index contributed by atoms with van der Waals surface area (Å²) in [7, 11) is -3.55. The molecule has 3 atom stereocenters. The third-order valence-corrected chi connectivity index (χ3v) is 8.62. The summed E-state index contributed by atoms with van der Waals surface area (Å²) in [6, 6.07) is 3.32. The van der Waals surface area contributed by atoms with Crippen LogP contribution in [0.3, 0.4) is 0 Å². The van der Waals surface area contributed by atoms with Gasteiger partial charge in [0.15, 0.2) is 0 Å². The van der Waals surface area contributed by atoms with Crippen LogP contribution in [0.2, 0.25) is 0 Å². The fraction of sp³-hybridized carbons (Fsp3) is 0.667. The van der Waals surface area contributed by atoms with Crippen molar-refractivity contribution in [2.24, 2.45) is 17.8 Å². The number of rotatable bonds is 7. The number of nitrogens with zero attached hydrogens (tertiary/aromatic N) is 1. The number of hydrogen-bond donors (Lipinski definition) is 1. The van der Waals surface area contributed by atoms with Gasteiger partial charge in [0.1, 0.15) is 0 Å². The van der Waals surface area contributed by atoms with Crippen LogP contribution >= 0.6 is 0 Å². The van der Waals surface area contributed by atoms with Gasteiger partial charge in [0.2, 0.25) is 15.9 Å². The largest absolute Gasteiger partial charge is 0.326 e. The highest BCUT2D eigenvalue weighted by Gasteiger charge is 2.40. The molecule has 0 aliphatic heterocycles. The van der Waals surface area contributed by atoms with Crippen molar-refractivity contribution in [1.82, 2.24) is 4.31 Å². The molecule has 3 rings (SSSR count). The van der Waals surface area contributed by atoms with Gasteiger partial charge in [-0.1, -0.05) is 20.3 Å². The second-order valence-electron chi connectivity index (χ2n) is 8.19. The zero-order chi connectivity index (χ0) is 19.8. The summed E-state index contributed by atoms with van der Waals surface area (Å²) in [6.07, 6.45) is 5.59. The molecule has 27 heavy (non-hydrogen) atoms. The molecule has 1 amide bonds. The SMILES string of the molecule is CCN(CC)S(=O)(=O)c1cc(C)c(C)c(NC(=O)C[C@@H]2C[C@@H]3CC[C@@H]2C3)c1. The number of anilines is 1. The molecule has 0 aromatic heterocycles. The molecule has 5 nitrogen and oxygen atoms in total. The van der Waals surface area contributed by atoms with E-state index in [1.165, 1.54) is 30.0 Å². The molecule has 2 aliphatic rings. The van der Waals surface area contributed by atoms with Gasteiger partial charge in [0.05, 0.1) is 4.90 Å². The zero-order valence-corrected chi connectivity index (χ0v) is 17.7. The van der Waals surface area contributed by atoms with Crippen LogP contribution in [-0.4, -0.2) is 31.7 Å². The van der Waals surface area contributed by atoms with Crippen molar-refractivity contribution in [1.29, 1.82) is 0 Å². The predicted octanol–water partition coefficient (Wildman–Crippen LogP) is 4.10. The summed E-state index contributed by atoms with van der Waals surface area (Å²) in [5.41, 5.74) is 2.42. The average Bonchev–Trinajstić information content (AvgIpc) is 3.22. The molecule has 0 saturated heterocycles. The molecule has 150 valence electrons. The van der Waals surface area contributed by atoms with Crippen LogP contribution in [0.1, 0.15) is 57.1 Å². The number of amides is 1. The lowest BCUT2D eigenvalue weighted by Crippen LogP contribution is -2.30. The number of aryl methyl sites for hydroxylation is 1. The number of carbonyl (C=O) groups excluding carboxylic acids is 1. The van der Waals surface area contributed by atoms with Crippen molar-refractivity contribution in [2.45, 2.75) is 64.7 Å². The van der Waals surface area contributed by atoms with Gasteiger partial charge in [-0.05, 0) is 74.1 Å². The molecule has 0 unspecified atom stereocenters. The molecule has 2 saturated carbocycles. The maximum Gasteiger partial charge on any atom is 0.243 e. The second kappa shape index (κ2) is 7.92. The summed E-state index contributed by atoms with van der Waals surface area (Å²) in [5, 5.41) is 3.00.